The molecule has 0 aliphatic rings. The Balaban J connectivity index is 2.51. The van der Waals surface area contributed by atoms with Gasteiger partial charge in [-0.3, -0.25) is 9.59 Å². The molecule has 1 amide bonds. The summed E-state index contributed by atoms with van der Waals surface area (Å²) in [6.07, 6.45) is 4.75. The fourth-order valence-electron chi connectivity index (χ4n) is 2.26. The molecule has 0 spiro atoms. The van der Waals surface area contributed by atoms with Crippen LogP contribution in [0.5, 0.6) is 0 Å². The summed E-state index contributed by atoms with van der Waals surface area (Å²) in [5, 5.41) is 11.8. The molecule has 0 aromatic heterocycles. The summed E-state index contributed by atoms with van der Waals surface area (Å²) < 4.78 is 0. The first-order valence-corrected chi connectivity index (χ1v) is 7.67. The molecule has 0 aliphatic carbocycles. The Kier molecular flexibility index (Phi) is 8.17. The second-order valence-electron chi connectivity index (χ2n) is 5.34. The van der Waals surface area contributed by atoms with Crippen LogP contribution in [0.2, 0.25) is 0 Å². The van der Waals surface area contributed by atoms with Gasteiger partial charge >= 0.3 is 5.97 Å². The number of carboxylic acid groups (broad SMARTS) is 1. The Morgan fingerprint density at radius 1 is 1.14 bits per heavy atom. The maximum absolute atomic E-state index is 11.9. The second-order valence-corrected chi connectivity index (χ2v) is 5.34. The minimum absolute atomic E-state index is 0.0229. The molecule has 2 N–H and O–H groups in total. The predicted octanol–water partition coefficient (Wildman–Crippen LogP) is 3.16. The SMILES string of the molecule is CCCCCC(=O)NC(CCC(=O)O)Cc1ccccc1. The number of carbonyl (C=O) groups is 2. The van der Waals surface area contributed by atoms with E-state index in [9.17, 15) is 9.59 Å². The molecular formula is C17H25NO3. The molecule has 1 aromatic rings. The third-order valence-corrected chi connectivity index (χ3v) is 3.40. The molecule has 1 aromatic carbocycles. The maximum atomic E-state index is 11.9. The van der Waals surface area contributed by atoms with Crippen LogP contribution >= 0.6 is 0 Å². The van der Waals surface area contributed by atoms with Crippen LogP contribution in [0.4, 0.5) is 0 Å². The first-order valence-electron chi connectivity index (χ1n) is 7.67. The van der Waals surface area contributed by atoms with Gasteiger partial charge in [-0.05, 0) is 24.8 Å². The average molecular weight is 291 g/mol. The van der Waals surface area contributed by atoms with Gasteiger partial charge in [-0.1, -0.05) is 50.1 Å². The summed E-state index contributed by atoms with van der Waals surface area (Å²) in [5.74, 6) is -0.803. The average Bonchev–Trinajstić information content (AvgIpc) is 2.46. The molecule has 116 valence electrons. The van der Waals surface area contributed by atoms with Crippen LogP contribution in [0.3, 0.4) is 0 Å². The molecule has 21 heavy (non-hydrogen) atoms. The zero-order valence-electron chi connectivity index (χ0n) is 12.7. The number of hydrogen-bond donors (Lipinski definition) is 2. The molecule has 0 saturated carbocycles. The number of hydrogen-bond acceptors (Lipinski definition) is 2. The van der Waals surface area contributed by atoms with E-state index in [2.05, 4.69) is 12.2 Å². The number of carboxylic acids is 1. The number of benzene rings is 1. The van der Waals surface area contributed by atoms with E-state index in [0.717, 1.165) is 24.8 Å². The predicted molar refractivity (Wildman–Crippen MR) is 83.1 cm³/mol. The van der Waals surface area contributed by atoms with E-state index < -0.39 is 5.97 Å². The lowest BCUT2D eigenvalue weighted by atomic mass is 10.0. The van der Waals surface area contributed by atoms with Crippen molar-refractivity contribution >= 4 is 11.9 Å². The monoisotopic (exact) mass is 291 g/mol. The van der Waals surface area contributed by atoms with Gasteiger partial charge < -0.3 is 10.4 Å². The topological polar surface area (TPSA) is 66.4 Å². The summed E-state index contributed by atoms with van der Waals surface area (Å²) in [4.78, 5) is 22.6. The highest BCUT2D eigenvalue weighted by Crippen LogP contribution is 2.09. The van der Waals surface area contributed by atoms with Crippen LogP contribution in [-0.4, -0.2) is 23.0 Å². The molecule has 0 aliphatic heterocycles. The van der Waals surface area contributed by atoms with Crippen molar-refractivity contribution in [3.05, 3.63) is 35.9 Å². The molecule has 1 atom stereocenters. The van der Waals surface area contributed by atoms with Crippen molar-refractivity contribution in [3.63, 3.8) is 0 Å². The summed E-state index contributed by atoms with van der Waals surface area (Å²) in [7, 11) is 0. The van der Waals surface area contributed by atoms with Crippen LogP contribution in [0, 0.1) is 0 Å². The quantitative estimate of drug-likeness (QED) is 0.651. The first kappa shape index (κ1) is 17.2. The maximum Gasteiger partial charge on any atom is 0.303 e. The lowest BCUT2D eigenvalue weighted by Gasteiger charge is -2.18. The van der Waals surface area contributed by atoms with Gasteiger partial charge in [-0.2, -0.15) is 0 Å². The standard InChI is InChI=1S/C17H25NO3/c1-2-3-5-10-16(19)18-15(11-12-17(20)21)13-14-8-6-4-7-9-14/h4,6-9,15H,2-3,5,10-13H2,1H3,(H,18,19)(H,20,21). The van der Waals surface area contributed by atoms with E-state index in [1.807, 2.05) is 30.3 Å². The Labute approximate surface area is 126 Å². The van der Waals surface area contributed by atoms with Gasteiger partial charge in [-0.25, -0.2) is 0 Å². The van der Waals surface area contributed by atoms with Gasteiger partial charge in [0, 0.05) is 18.9 Å². The lowest BCUT2D eigenvalue weighted by Crippen LogP contribution is -2.36. The zero-order chi connectivity index (χ0) is 15.5. The van der Waals surface area contributed by atoms with E-state index >= 15 is 0 Å². The van der Waals surface area contributed by atoms with Gasteiger partial charge in [0.25, 0.3) is 0 Å². The number of carbonyl (C=O) groups excluding carboxylic acids is 1. The van der Waals surface area contributed by atoms with Crippen molar-refractivity contribution in [1.82, 2.24) is 5.32 Å². The smallest absolute Gasteiger partial charge is 0.303 e. The Morgan fingerprint density at radius 3 is 2.48 bits per heavy atom. The van der Waals surface area contributed by atoms with Crippen molar-refractivity contribution in [2.75, 3.05) is 0 Å². The lowest BCUT2D eigenvalue weighted by molar-refractivity contribution is -0.137. The minimum atomic E-state index is -0.826. The fourth-order valence-corrected chi connectivity index (χ4v) is 2.26. The molecule has 0 heterocycles. The van der Waals surface area contributed by atoms with Crippen LogP contribution in [0.1, 0.15) is 51.0 Å². The van der Waals surface area contributed by atoms with Crippen LogP contribution < -0.4 is 5.32 Å². The molecule has 0 saturated heterocycles. The van der Waals surface area contributed by atoms with Crippen molar-refractivity contribution in [2.24, 2.45) is 0 Å². The Hall–Kier alpha value is -1.84. The van der Waals surface area contributed by atoms with Crippen LogP contribution in [0.25, 0.3) is 0 Å². The highest BCUT2D eigenvalue weighted by molar-refractivity contribution is 5.76. The number of unbranched alkanes of at least 4 members (excludes halogenated alkanes) is 2. The highest BCUT2D eigenvalue weighted by Gasteiger charge is 2.14. The normalized spacial score (nSPS) is 11.9. The van der Waals surface area contributed by atoms with E-state index in [0.29, 0.717) is 19.3 Å². The molecule has 0 radical (unpaired) electrons. The number of rotatable bonds is 10. The van der Waals surface area contributed by atoms with Crippen LogP contribution in [-0.2, 0) is 16.0 Å². The molecular weight excluding hydrogens is 266 g/mol. The van der Waals surface area contributed by atoms with Crippen molar-refractivity contribution in [1.29, 1.82) is 0 Å². The fraction of sp³-hybridized carbons (Fsp3) is 0.529. The third kappa shape index (κ3) is 8.12. The largest absolute Gasteiger partial charge is 0.481 e. The molecule has 4 heteroatoms. The summed E-state index contributed by atoms with van der Waals surface area (Å²) >= 11 is 0. The Morgan fingerprint density at radius 2 is 1.86 bits per heavy atom. The van der Waals surface area contributed by atoms with Crippen molar-refractivity contribution < 1.29 is 14.7 Å². The first-order chi connectivity index (χ1) is 10.1. The van der Waals surface area contributed by atoms with E-state index in [-0.39, 0.29) is 18.4 Å². The van der Waals surface area contributed by atoms with Gasteiger partial charge in [0.1, 0.15) is 0 Å². The van der Waals surface area contributed by atoms with Gasteiger partial charge in [0.05, 0.1) is 0 Å². The molecule has 0 fully saturated rings. The van der Waals surface area contributed by atoms with E-state index in [1.165, 1.54) is 0 Å². The minimum Gasteiger partial charge on any atom is -0.481 e. The van der Waals surface area contributed by atoms with Gasteiger partial charge in [-0.15, -0.1) is 0 Å². The number of amides is 1. The molecule has 1 unspecified atom stereocenters. The number of aliphatic carboxylic acids is 1. The van der Waals surface area contributed by atoms with E-state index in [4.69, 9.17) is 5.11 Å². The summed E-state index contributed by atoms with van der Waals surface area (Å²) in [5.41, 5.74) is 1.11. The zero-order valence-corrected chi connectivity index (χ0v) is 12.7. The summed E-state index contributed by atoms with van der Waals surface area (Å²) in [6.45, 7) is 2.10. The summed E-state index contributed by atoms with van der Waals surface area (Å²) in [6, 6.07) is 9.73. The second kappa shape index (κ2) is 9.97. The van der Waals surface area contributed by atoms with Gasteiger partial charge in [0.2, 0.25) is 5.91 Å². The van der Waals surface area contributed by atoms with Crippen molar-refractivity contribution in [3.8, 4) is 0 Å². The van der Waals surface area contributed by atoms with Crippen molar-refractivity contribution in [2.45, 2.75) is 57.9 Å². The molecule has 0 bridgehead atoms. The number of nitrogens with one attached hydrogen (secondary N) is 1. The highest BCUT2D eigenvalue weighted by atomic mass is 16.4. The van der Waals surface area contributed by atoms with Crippen LogP contribution in [0.15, 0.2) is 30.3 Å². The third-order valence-electron chi connectivity index (χ3n) is 3.40. The van der Waals surface area contributed by atoms with Gasteiger partial charge in [0.15, 0.2) is 0 Å². The molecule has 1 rings (SSSR count). The molecule has 4 nitrogen and oxygen atoms in total. The Bertz CT molecular complexity index is 431. The van der Waals surface area contributed by atoms with E-state index in [1.54, 1.807) is 0 Å².